The lowest BCUT2D eigenvalue weighted by Gasteiger charge is -2.08. The van der Waals surface area contributed by atoms with Crippen molar-refractivity contribution < 1.29 is 16.8 Å². The minimum Gasteiger partial charge on any atom is -0.229 e. The molecule has 0 aromatic heterocycles. The van der Waals surface area contributed by atoms with Crippen molar-refractivity contribution in [2.75, 3.05) is 18.6 Å². The molecule has 1 N–H and O–H groups in total. The number of aryl methyl sites for hydroxylation is 2. The van der Waals surface area contributed by atoms with Crippen LogP contribution in [0.25, 0.3) is 0 Å². The SMILES string of the molecule is Cc1ccc(S(=O)(=O)NCCS(C)(=O)=O)cc1C. The van der Waals surface area contributed by atoms with Gasteiger partial charge >= 0.3 is 0 Å². The highest BCUT2D eigenvalue weighted by Crippen LogP contribution is 2.14. The maximum atomic E-state index is 11.9. The molecule has 18 heavy (non-hydrogen) atoms. The topological polar surface area (TPSA) is 80.3 Å². The second-order valence-corrected chi connectivity index (χ2v) is 8.30. The molecule has 0 spiro atoms. The lowest BCUT2D eigenvalue weighted by atomic mass is 10.1. The molecule has 0 bridgehead atoms. The number of benzene rings is 1. The number of hydrogen-bond donors (Lipinski definition) is 1. The third-order valence-electron chi connectivity index (χ3n) is 2.55. The first-order chi connectivity index (χ1) is 8.12. The van der Waals surface area contributed by atoms with Crippen LogP contribution in [0.5, 0.6) is 0 Å². The Balaban J connectivity index is 2.84. The van der Waals surface area contributed by atoms with Crippen LogP contribution in [-0.2, 0) is 19.9 Å². The van der Waals surface area contributed by atoms with E-state index in [1.807, 2.05) is 13.8 Å². The smallest absolute Gasteiger partial charge is 0.229 e. The van der Waals surface area contributed by atoms with E-state index >= 15 is 0 Å². The van der Waals surface area contributed by atoms with E-state index in [1.165, 1.54) is 6.07 Å². The second-order valence-electron chi connectivity index (χ2n) is 4.27. The fourth-order valence-electron chi connectivity index (χ4n) is 1.33. The lowest BCUT2D eigenvalue weighted by Crippen LogP contribution is -2.29. The van der Waals surface area contributed by atoms with E-state index in [9.17, 15) is 16.8 Å². The van der Waals surface area contributed by atoms with Crippen molar-refractivity contribution in [3.8, 4) is 0 Å². The summed E-state index contributed by atoms with van der Waals surface area (Å²) in [5.74, 6) is -0.211. The van der Waals surface area contributed by atoms with Crippen LogP contribution < -0.4 is 4.72 Å². The predicted octanol–water partition coefficient (Wildman–Crippen LogP) is 0.626. The van der Waals surface area contributed by atoms with E-state index in [0.717, 1.165) is 17.4 Å². The molecule has 102 valence electrons. The standard InChI is InChI=1S/C11H17NO4S2/c1-9-4-5-11(8-10(9)2)18(15,16)12-6-7-17(3,13)14/h4-5,8,12H,6-7H2,1-3H3. The molecule has 1 aromatic carbocycles. The zero-order valence-corrected chi connectivity index (χ0v) is 12.2. The Kier molecular flexibility index (Phi) is 4.52. The molecule has 0 aliphatic heterocycles. The molecule has 0 amide bonds. The Morgan fingerprint density at radius 2 is 1.67 bits per heavy atom. The summed E-state index contributed by atoms with van der Waals surface area (Å²) in [4.78, 5) is 0.152. The molecule has 0 atom stereocenters. The fraction of sp³-hybridized carbons (Fsp3) is 0.455. The lowest BCUT2D eigenvalue weighted by molar-refractivity contribution is 0.582. The Labute approximate surface area is 108 Å². The zero-order chi connectivity index (χ0) is 14.0. The number of sulfone groups is 1. The summed E-state index contributed by atoms with van der Waals surface area (Å²) < 4.78 is 47.9. The summed E-state index contributed by atoms with van der Waals surface area (Å²) in [7, 11) is -6.81. The van der Waals surface area contributed by atoms with Crippen molar-refractivity contribution in [2.45, 2.75) is 18.7 Å². The van der Waals surface area contributed by atoms with Gasteiger partial charge in [-0.3, -0.25) is 0 Å². The van der Waals surface area contributed by atoms with Gasteiger partial charge in [-0.2, -0.15) is 0 Å². The summed E-state index contributed by atoms with van der Waals surface area (Å²) in [5.41, 5.74) is 1.88. The number of nitrogens with one attached hydrogen (secondary N) is 1. The molecule has 5 nitrogen and oxygen atoms in total. The van der Waals surface area contributed by atoms with Gasteiger partial charge in [-0.05, 0) is 37.1 Å². The minimum absolute atomic E-state index is 0.117. The Hall–Kier alpha value is -0.920. The summed E-state index contributed by atoms with van der Waals surface area (Å²) in [5, 5.41) is 0. The van der Waals surface area contributed by atoms with Crippen molar-refractivity contribution in [1.82, 2.24) is 4.72 Å². The van der Waals surface area contributed by atoms with Crippen LogP contribution in [0.1, 0.15) is 11.1 Å². The average molecular weight is 291 g/mol. The largest absolute Gasteiger partial charge is 0.240 e. The van der Waals surface area contributed by atoms with E-state index in [1.54, 1.807) is 12.1 Å². The van der Waals surface area contributed by atoms with Crippen LogP contribution >= 0.6 is 0 Å². The maximum Gasteiger partial charge on any atom is 0.240 e. The molecule has 0 aliphatic carbocycles. The summed E-state index contributed by atoms with van der Waals surface area (Å²) in [6.45, 7) is 3.60. The van der Waals surface area contributed by atoms with Crippen LogP contribution in [-0.4, -0.2) is 35.4 Å². The molecule has 0 saturated heterocycles. The molecular formula is C11H17NO4S2. The van der Waals surface area contributed by atoms with Gasteiger partial charge < -0.3 is 0 Å². The summed E-state index contributed by atoms with van der Waals surface area (Å²) in [6.07, 6.45) is 1.07. The van der Waals surface area contributed by atoms with Gasteiger partial charge in [0.2, 0.25) is 10.0 Å². The number of sulfonamides is 1. The highest BCUT2D eigenvalue weighted by Gasteiger charge is 2.15. The summed E-state index contributed by atoms with van der Waals surface area (Å²) in [6, 6.07) is 4.80. The summed E-state index contributed by atoms with van der Waals surface area (Å²) >= 11 is 0. The quantitative estimate of drug-likeness (QED) is 0.862. The van der Waals surface area contributed by atoms with Gasteiger partial charge in [0.25, 0.3) is 0 Å². The molecule has 0 aliphatic rings. The van der Waals surface area contributed by atoms with E-state index in [4.69, 9.17) is 0 Å². The third-order valence-corrected chi connectivity index (χ3v) is 4.96. The third kappa shape index (κ3) is 4.40. The predicted molar refractivity (Wildman–Crippen MR) is 70.8 cm³/mol. The molecule has 0 radical (unpaired) electrons. The van der Waals surface area contributed by atoms with E-state index in [2.05, 4.69) is 4.72 Å². The van der Waals surface area contributed by atoms with E-state index < -0.39 is 19.9 Å². The maximum absolute atomic E-state index is 11.9. The monoisotopic (exact) mass is 291 g/mol. The van der Waals surface area contributed by atoms with Crippen LogP contribution in [0.15, 0.2) is 23.1 Å². The van der Waals surface area contributed by atoms with E-state index in [0.29, 0.717) is 0 Å². The van der Waals surface area contributed by atoms with Crippen LogP contribution in [0.4, 0.5) is 0 Å². The first-order valence-electron chi connectivity index (χ1n) is 5.36. The Bertz CT molecular complexity index is 633. The highest BCUT2D eigenvalue weighted by molar-refractivity contribution is 7.91. The first-order valence-corrected chi connectivity index (χ1v) is 8.91. The van der Waals surface area contributed by atoms with Crippen LogP contribution in [0, 0.1) is 13.8 Å². The highest BCUT2D eigenvalue weighted by atomic mass is 32.2. The van der Waals surface area contributed by atoms with Gasteiger partial charge in [0.15, 0.2) is 0 Å². The van der Waals surface area contributed by atoms with Crippen molar-refractivity contribution in [1.29, 1.82) is 0 Å². The Morgan fingerprint density at radius 3 is 2.17 bits per heavy atom. The molecule has 0 saturated carbocycles. The molecule has 0 fully saturated rings. The number of hydrogen-bond acceptors (Lipinski definition) is 4. The second kappa shape index (κ2) is 5.38. The molecule has 0 unspecified atom stereocenters. The number of rotatable bonds is 5. The first kappa shape index (κ1) is 15.1. The van der Waals surface area contributed by atoms with Crippen molar-refractivity contribution in [3.05, 3.63) is 29.3 Å². The normalized spacial score (nSPS) is 12.6. The van der Waals surface area contributed by atoms with Gasteiger partial charge in [-0.1, -0.05) is 6.07 Å². The van der Waals surface area contributed by atoms with Crippen molar-refractivity contribution >= 4 is 19.9 Å². The minimum atomic E-state index is -3.64. The average Bonchev–Trinajstić information content (AvgIpc) is 2.19. The molecular weight excluding hydrogens is 274 g/mol. The van der Waals surface area contributed by atoms with Crippen LogP contribution in [0.2, 0.25) is 0 Å². The zero-order valence-electron chi connectivity index (χ0n) is 10.6. The molecule has 1 aromatic rings. The van der Waals surface area contributed by atoms with Gasteiger partial charge in [0.05, 0.1) is 10.6 Å². The molecule has 7 heteroatoms. The Morgan fingerprint density at radius 1 is 1.06 bits per heavy atom. The van der Waals surface area contributed by atoms with Gasteiger partial charge in [-0.15, -0.1) is 0 Å². The van der Waals surface area contributed by atoms with Crippen molar-refractivity contribution in [2.24, 2.45) is 0 Å². The molecule has 0 heterocycles. The van der Waals surface area contributed by atoms with Crippen molar-refractivity contribution in [3.63, 3.8) is 0 Å². The van der Waals surface area contributed by atoms with Gasteiger partial charge in [-0.25, -0.2) is 21.6 Å². The van der Waals surface area contributed by atoms with Gasteiger partial charge in [0, 0.05) is 12.8 Å². The van der Waals surface area contributed by atoms with Gasteiger partial charge in [0.1, 0.15) is 9.84 Å². The van der Waals surface area contributed by atoms with E-state index in [-0.39, 0.29) is 17.2 Å². The van der Waals surface area contributed by atoms with Crippen LogP contribution in [0.3, 0.4) is 0 Å². The molecule has 1 rings (SSSR count). The fourth-order valence-corrected chi connectivity index (χ4v) is 3.04.